The molecule has 0 bridgehead atoms. The van der Waals surface area contributed by atoms with Crippen molar-refractivity contribution in [2.75, 3.05) is 52.5 Å². The molecule has 4 atom stereocenters. The quantitative estimate of drug-likeness (QED) is 0.361. The Bertz CT molecular complexity index is 972. The highest BCUT2D eigenvalue weighted by atomic mass is 35.5. The molecule has 0 unspecified atom stereocenters. The summed E-state index contributed by atoms with van der Waals surface area (Å²) < 4.78 is 126. The summed E-state index contributed by atoms with van der Waals surface area (Å²) >= 11 is 0. The lowest BCUT2D eigenvalue weighted by Gasteiger charge is -2.38. The molecule has 0 amide bonds. The van der Waals surface area contributed by atoms with E-state index in [2.05, 4.69) is 0 Å². The molecule has 0 radical (unpaired) electrons. The van der Waals surface area contributed by atoms with Crippen molar-refractivity contribution in [1.82, 2.24) is 9.80 Å². The minimum atomic E-state index is -5.06. The number of morpholine rings is 2. The van der Waals surface area contributed by atoms with Crippen LogP contribution in [-0.2, 0) is 14.2 Å². The fraction of sp³-hybridized carbons (Fsp3) is 0.538. The average molecular weight is 605 g/mol. The molecule has 2 aromatic carbocycles. The van der Waals surface area contributed by atoms with E-state index < -0.39 is 61.5 Å². The summed E-state index contributed by atoms with van der Waals surface area (Å²) in [7, 11) is 0. The van der Waals surface area contributed by atoms with Gasteiger partial charge in [-0.3, -0.25) is 9.80 Å². The van der Waals surface area contributed by atoms with Gasteiger partial charge in [0.25, 0.3) is 0 Å². The molecule has 2 fully saturated rings. The van der Waals surface area contributed by atoms with Crippen molar-refractivity contribution in [3.63, 3.8) is 0 Å². The van der Waals surface area contributed by atoms with Crippen LogP contribution in [0.25, 0.3) is 0 Å². The third kappa shape index (κ3) is 8.98. The lowest BCUT2D eigenvalue weighted by Crippen LogP contribution is -2.53. The van der Waals surface area contributed by atoms with E-state index in [1.807, 2.05) is 0 Å². The van der Waals surface area contributed by atoms with Crippen molar-refractivity contribution < 1.29 is 49.3 Å². The summed E-state index contributed by atoms with van der Waals surface area (Å²) in [4.78, 5) is 2.67. The van der Waals surface area contributed by atoms with Gasteiger partial charge in [-0.05, 0) is 35.4 Å². The number of halogens is 9. The molecule has 5 nitrogen and oxygen atoms in total. The number of hydrogen-bond acceptors (Lipinski definition) is 5. The molecule has 2 heterocycles. The molecule has 0 N–H and O–H groups in total. The van der Waals surface area contributed by atoms with Crippen LogP contribution in [0.4, 0.5) is 35.1 Å². The van der Waals surface area contributed by atoms with Crippen LogP contribution in [0.15, 0.2) is 48.5 Å². The summed E-state index contributed by atoms with van der Waals surface area (Å²) in [5.74, 6) is -0.973. The van der Waals surface area contributed by atoms with Crippen molar-refractivity contribution in [3.05, 3.63) is 71.3 Å². The minimum Gasteiger partial charge on any atom is -0.371 e. The maximum Gasteiger partial charge on any atom is 0.415 e. The molecule has 14 heteroatoms. The summed E-state index contributed by atoms with van der Waals surface area (Å²) in [6, 6.07) is 10.6. The molecular weight excluding hydrogens is 576 g/mol. The summed E-state index contributed by atoms with van der Waals surface area (Å²) in [6.45, 7) is -1.47. The zero-order valence-corrected chi connectivity index (χ0v) is 22.0. The molecule has 4 rings (SSSR count). The Balaban J connectivity index is 0.00000441. The van der Waals surface area contributed by atoms with Crippen LogP contribution in [0.1, 0.15) is 23.3 Å². The zero-order chi connectivity index (χ0) is 28.2. The van der Waals surface area contributed by atoms with Crippen LogP contribution >= 0.6 is 12.4 Å². The fourth-order valence-electron chi connectivity index (χ4n) is 4.61. The van der Waals surface area contributed by atoms with Gasteiger partial charge < -0.3 is 14.2 Å². The molecule has 2 saturated heterocycles. The van der Waals surface area contributed by atoms with Gasteiger partial charge in [0.05, 0.1) is 25.4 Å². The molecule has 40 heavy (non-hydrogen) atoms. The Kier molecular flexibility index (Phi) is 11.2. The van der Waals surface area contributed by atoms with Crippen molar-refractivity contribution in [3.8, 4) is 0 Å². The van der Waals surface area contributed by atoms with Crippen LogP contribution in [0.3, 0.4) is 0 Å². The van der Waals surface area contributed by atoms with E-state index in [9.17, 15) is 35.1 Å². The molecule has 0 saturated carbocycles. The summed E-state index contributed by atoms with van der Waals surface area (Å²) in [5.41, 5.74) is 1.09. The van der Waals surface area contributed by atoms with E-state index in [4.69, 9.17) is 14.2 Å². The molecule has 0 aromatic heterocycles. The number of hydrogen-bond donors (Lipinski definition) is 0. The molecule has 2 aromatic rings. The van der Waals surface area contributed by atoms with E-state index in [0.717, 1.165) is 0 Å². The monoisotopic (exact) mass is 604 g/mol. The molecule has 0 spiro atoms. The Hall–Kier alpha value is -2.03. The minimum absolute atomic E-state index is 0. The summed E-state index contributed by atoms with van der Waals surface area (Å²) in [5, 5.41) is 0. The second kappa shape index (κ2) is 13.8. The topological polar surface area (TPSA) is 34.2 Å². The van der Waals surface area contributed by atoms with Gasteiger partial charge in [0.15, 0.2) is 12.2 Å². The van der Waals surface area contributed by atoms with E-state index in [1.54, 1.807) is 0 Å². The zero-order valence-electron chi connectivity index (χ0n) is 21.1. The van der Waals surface area contributed by atoms with Crippen molar-refractivity contribution in [1.29, 1.82) is 0 Å². The molecule has 2 aliphatic rings. The number of alkyl halides is 6. The number of ether oxygens (including phenoxy) is 3. The van der Waals surface area contributed by atoms with Crippen LogP contribution in [0.2, 0.25) is 0 Å². The van der Waals surface area contributed by atoms with Gasteiger partial charge in [-0.2, -0.15) is 26.3 Å². The Morgan fingerprint density at radius 3 is 1.35 bits per heavy atom. The van der Waals surface area contributed by atoms with Gasteiger partial charge in [0, 0.05) is 39.3 Å². The van der Waals surface area contributed by atoms with E-state index in [0.29, 0.717) is 11.1 Å². The Morgan fingerprint density at radius 1 is 0.675 bits per heavy atom. The average Bonchev–Trinajstić information content (AvgIpc) is 2.88. The summed E-state index contributed by atoms with van der Waals surface area (Å²) in [6.07, 6.45) is -16.9. The predicted octanol–water partition coefficient (Wildman–Crippen LogP) is 5.71. The molecule has 224 valence electrons. The third-order valence-electron chi connectivity index (χ3n) is 6.69. The predicted molar refractivity (Wildman–Crippen MR) is 131 cm³/mol. The maximum absolute atomic E-state index is 13.9. The SMILES string of the molecule is Cl.Fc1ccc([C@@H]2CN(C[C@H](O[C@@H](CN3CCO[C@H](c4ccc(F)cc4)C3)C(F)(F)F)C(F)(F)F)CCO2)cc1. The molecule has 0 aliphatic carbocycles. The first-order chi connectivity index (χ1) is 18.4. The van der Waals surface area contributed by atoms with Crippen molar-refractivity contribution in [2.45, 2.75) is 36.8 Å². The van der Waals surface area contributed by atoms with Gasteiger partial charge in [0.2, 0.25) is 0 Å². The first-order valence-electron chi connectivity index (χ1n) is 12.4. The third-order valence-corrected chi connectivity index (χ3v) is 6.69. The maximum atomic E-state index is 13.9. The second-order valence-electron chi connectivity index (χ2n) is 9.54. The van der Waals surface area contributed by atoms with Gasteiger partial charge >= 0.3 is 12.4 Å². The van der Waals surface area contributed by atoms with E-state index >= 15 is 0 Å². The highest BCUT2D eigenvalue weighted by Gasteiger charge is 2.50. The Morgan fingerprint density at radius 2 is 1.02 bits per heavy atom. The Labute approximate surface area is 232 Å². The second-order valence-corrected chi connectivity index (χ2v) is 9.54. The highest BCUT2D eigenvalue weighted by molar-refractivity contribution is 5.85. The number of nitrogens with zero attached hydrogens (tertiary/aromatic N) is 2. The van der Waals surface area contributed by atoms with Gasteiger partial charge in [-0.15, -0.1) is 12.4 Å². The van der Waals surface area contributed by atoms with Gasteiger partial charge in [-0.25, -0.2) is 8.78 Å². The molecule has 2 aliphatic heterocycles. The van der Waals surface area contributed by atoms with E-state index in [-0.39, 0.29) is 51.8 Å². The highest BCUT2D eigenvalue weighted by Crippen LogP contribution is 2.33. The van der Waals surface area contributed by atoms with Crippen molar-refractivity contribution >= 4 is 12.4 Å². The fourth-order valence-corrected chi connectivity index (χ4v) is 4.61. The smallest absolute Gasteiger partial charge is 0.371 e. The van der Waals surface area contributed by atoms with Crippen molar-refractivity contribution in [2.24, 2.45) is 0 Å². The standard InChI is InChI=1S/C26H28F8N2O3.ClH/c27-19-5-1-17(2-6-19)21-13-35(9-11-37-21)15-23(25(29,30)31)39-24(26(32,33)34)16-36-10-12-38-22(14-36)18-3-7-20(28)8-4-18;/h1-8,21-24H,9-16H2;1H/t21-,22-,23-,24-;/m0./s1. The molecular formula is C26H29ClF8N2O3. The van der Waals surface area contributed by atoms with Crippen LogP contribution in [-0.4, -0.2) is 86.8 Å². The van der Waals surface area contributed by atoms with Gasteiger partial charge in [-0.1, -0.05) is 24.3 Å². The lowest BCUT2D eigenvalue weighted by molar-refractivity contribution is -0.292. The van der Waals surface area contributed by atoms with Gasteiger partial charge in [0.1, 0.15) is 11.6 Å². The van der Waals surface area contributed by atoms with Crippen LogP contribution in [0.5, 0.6) is 0 Å². The number of rotatable bonds is 8. The first-order valence-corrected chi connectivity index (χ1v) is 12.4. The van der Waals surface area contributed by atoms with Crippen LogP contribution < -0.4 is 0 Å². The normalized spacial score (nSPS) is 22.9. The van der Waals surface area contributed by atoms with E-state index in [1.165, 1.54) is 58.3 Å². The lowest BCUT2D eigenvalue weighted by atomic mass is 10.1. The number of benzene rings is 2. The first kappa shape index (κ1) is 32.5. The largest absolute Gasteiger partial charge is 0.415 e. The van der Waals surface area contributed by atoms with Crippen LogP contribution in [0, 0.1) is 11.6 Å².